The molecule has 1 aromatic heterocycles. The van der Waals surface area contributed by atoms with Crippen LogP contribution in [0.1, 0.15) is 38.1 Å². The van der Waals surface area contributed by atoms with Crippen molar-refractivity contribution in [1.29, 1.82) is 0 Å². The molecule has 0 aliphatic heterocycles. The molecule has 0 fully saturated rings. The highest BCUT2D eigenvalue weighted by molar-refractivity contribution is 5.95. The molecule has 0 unspecified atom stereocenters. The van der Waals surface area contributed by atoms with Crippen molar-refractivity contribution in [1.82, 2.24) is 15.4 Å². The molecule has 0 spiro atoms. The second-order valence-electron chi connectivity index (χ2n) is 7.34. The van der Waals surface area contributed by atoms with Gasteiger partial charge in [0.25, 0.3) is 0 Å². The molecule has 0 radical (unpaired) electrons. The fourth-order valence-electron chi connectivity index (χ4n) is 2.64. The summed E-state index contributed by atoms with van der Waals surface area (Å²) in [7, 11) is 1.74. The molecule has 0 saturated carbocycles. The zero-order valence-corrected chi connectivity index (χ0v) is 15.9. The fraction of sp³-hybridized carbons (Fsp3) is 0.421. The predicted molar refractivity (Wildman–Crippen MR) is 99.6 cm³/mol. The van der Waals surface area contributed by atoms with E-state index in [-0.39, 0.29) is 23.9 Å². The van der Waals surface area contributed by atoms with E-state index in [1.807, 2.05) is 51.1 Å². The number of aryl methyl sites for hydroxylation is 1. The summed E-state index contributed by atoms with van der Waals surface area (Å²) in [6.45, 7) is 7.58. The van der Waals surface area contributed by atoms with E-state index in [1.54, 1.807) is 24.9 Å². The zero-order chi connectivity index (χ0) is 19.3. The van der Waals surface area contributed by atoms with Crippen LogP contribution in [-0.2, 0) is 9.59 Å². The smallest absolute Gasteiger partial charge is 0.247 e. The quantitative estimate of drug-likeness (QED) is 0.828. The molecule has 2 N–H and O–H groups in total. The number of carbonyl (C=O) groups excluding carboxylic acids is 2. The molecule has 140 valence electrons. The van der Waals surface area contributed by atoms with E-state index in [0.29, 0.717) is 11.6 Å². The molecule has 1 aromatic carbocycles. The Bertz CT molecular complexity index is 750. The van der Waals surface area contributed by atoms with E-state index in [4.69, 9.17) is 4.52 Å². The van der Waals surface area contributed by atoms with Gasteiger partial charge in [-0.15, -0.1) is 0 Å². The summed E-state index contributed by atoms with van der Waals surface area (Å²) in [6, 6.07) is 10.3. The van der Waals surface area contributed by atoms with Gasteiger partial charge >= 0.3 is 0 Å². The van der Waals surface area contributed by atoms with Gasteiger partial charge in [0, 0.05) is 11.6 Å². The number of hydrogen-bond donors (Lipinski definition) is 2. The first kappa shape index (κ1) is 19.7. The molecule has 1 heterocycles. The molecule has 0 bridgehead atoms. The Hall–Kier alpha value is -2.67. The number of nitrogens with zero attached hydrogens (tertiary/aromatic N) is 2. The Kier molecular flexibility index (Phi) is 6.15. The Balaban J connectivity index is 2.18. The van der Waals surface area contributed by atoms with Crippen LogP contribution in [0, 0.1) is 6.92 Å². The normalized spacial score (nSPS) is 12.7. The third-order valence-electron chi connectivity index (χ3n) is 3.59. The summed E-state index contributed by atoms with van der Waals surface area (Å²) in [5, 5.41) is 9.45. The molecule has 0 aliphatic rings. The number of aromatic nitrogens is 1. The highest BCUT2D eigenvalue weighted by Crippen LogP contribution is 2.21. The third kappa shape index (κ3) is 5.70. The second-order valence-corrected chi connectivity index (χ2v) is 7.34. The number of benzene rings is 1. The Morgan fingerprint density at radius 3 is 2.42 bits per heavy atom. The largest absolute Gasteiger partial charge is 0.360 e. The summed E-state index contributed by atoms with van der Waals surface area (Å²) < 4.78 is 4.99. The van der Waals surface area contributed by atoms with Crippen molar-refractivity contribution in [3.05, 3.63) is 47.7 Å². The van der Waals surface area contributed by atoms with E-state index in [0.717, 1.165) is 5.56 Å². The van der Waals surface area contributed by atoms with E-state index < -0.39 is 6.04 Å². The standard InChI is InChI=1S/C19H26N4O3/c1-13-11-15(22-26-13)20-18(25)17(14-9-7-6-8-10-14)23(5)12-16(24)21-19(2,3)4/h6-11,17H,12H2,1-5H3,(H,21,24)(H,20,22,25)/t17-/m1/s1. The lowest BCUT2D eigenvalue weighted by molar-refractivity contribution is -0.126. The summed E-state index contributed by atoms with van der Waals surface area (Å²) in [5.74, 6) is 0.525. The highest BCUT2D eigenvalue weighted by Gasteiger charge is 2.28. The summed E-state index contributed by atoms with van der Waals surface area (Å²) >= 11 is 0. The first-order valence-electron chi connectivity index (χ1n) is 8.46. The van der Waals surface area contributed by atoms with Crippen LogP contribution in [0.4, 0.5) is 5.82 Å². The van der Waals surface area contributed by atoms with E-state index in [9.17, 15) is 9.59 Å². The van der Waals surface area contributed by atoms with Crippen LogP contribution in [0.15, 0.2) is 40.9 Å². The van der Waals surface area contributed by atoms with Crippen LogP contribution >= 0.6 is 0 Å². The van der Waals surface area contributed by atoms with Gasteiger partial charge in [0.15, 0.2) is 5.82 Å². The van der Waals surface area contributed by atoms with Gasteiger partial charge in [-0.3, -0.25) is 14.5 Å². The number of hydrogen-bond acceptors (Lipinski definition) is 5. The third-order valence-corrected chi connectivity index (χ3v) is 3.59. The van der Waals surface area contributed by atoms with Crippen molar-refractivity contribution >= 4 is 17.6 Å². The van der Waals surface area contributed by atoms with Gasteiger partial charge < -0.3 is 15.2 Å². The first-order valence-corrected chi connectivity index (χ1v) is 8.46. The number of amides is 2. The maximum absolute atomic E-state index is 12.9. The molecule has 0 aliphatic carbocycles. The fourth-order valence-corrected chi connectivity index (χ4v) is 2.64. The molecule has 7 heteroatoms. The maximum atomic E-state index is 12.9. The van der Waals surface area contributed by atoms with Gasteiger partial charge in [-0.25, -0.2) is 0 Å². The number of carbonyl (C=O) groups is 2. The minimum atomic E-state index is -0.640. The Labute approximate surface area is 153 Å². The summed E-state index contributed by atoms with van der Waals surface area (Å²) in [5.41, 5.74) is 0.456. The van der Waals surface area contributed by atoms with E-state index in [2.05, 4.69) is 15.8 Å². The van der Waals surface area contributed by atoms with Crippen molar-refractivity contribution in [3.63, 3.8) is 0 Å². The molecule has 2 aromatic rings. The van der Waals surface area contributed by atoms with Gasteiger partial charge in [0.05, 0.1) is 6.54 Å². The first-order chi connectivity index (χ1) is 12.2. The highest BCUT2D eigenvalue weighted by atomic mass is 16.5. The molecule has 26 heavy (non-hydrogen) atoms. The maximum Gasteiger partial charge on any atom is 0.247 e. The van der Waals surface area contributed by atoms with Gasteiger partial charge in [-0.2, -0.15) is 0 Å². The van der Waals surface area contributed by atoms with Crippen molar-refractivity contribution in [2.24, 2.45) is 0 Å². The van der Waals surface area contributed by atoms with E-state index >= 15 is 0 Å². The summed E-state index contributed by atoms with van der Waals surface area (Å²) in [6.07, 6.45) is 0. The van der Waals surface area contributed by atoms with Crippen LogP contribution in [0.25, 0.3) is 0 Å². The lowest BCUT2D eigenvalue weighted by Crippen LogP contribution is -2.47. The van der Waals surface area contributed by atoms with Crippen molar-refractivity contribution < 1.29 is 14.1 Å². The molecule has 2 rings (SSSR count). The average Bonchev–Trinajstić information content (AvgIpc) is 2.91. The molecule has 0 saturated heterocycles. The lowest BCUT2D eigenvalue weighted by Gasteiger charge is -2.28. The van der Waals surface area contributed by atoms with Gasteiger partial charge in [0.2, 0.25) is 11.8 Å². The van der Waals surface area contributed by atoms with Crippen LogP contribution in [0.5, 0.6) is 0 Å². The Morgan fingerprint density at radius 2 is 1.88 bits per heavy atom. The van der Waals surface area contributed by atoms with E-state index in [1.165, 1.54) is 0 Å². The monoisotopic (exact) mass is 358 g/mol. The summed E-state index contributed by atoms with van der Waals surface area (Å²) in [4.78, 5) is 26.8. The molecule has 2 amide bonds. The van der Waals surface area contributed by atoms with Crippen LogP contribution in [-0.4, -0.2) is 41.0 Å². The molecular formula is C19H26N4O3. The SMILES string of the molecule is Cc1cc(NC(=O)[C@@H](c2ccccc2)N(C)CC(=O)NC(C)(C)C)no1. The lowest BCUT2D eigenvalue weighted by atomic mass is 10.0. The molecular weight excluding hydrogens is 332 g/mol. The Morgan fingerprint density at radius 1 is 1.23 bits per heavy atom. The van der Waals surface area contributed by atoms with Crippen molar-refractivity contribution in [2.75, 3.05) is 18.9 Å². The van der Waals surface area contributed by atoms with Crippen molar-refractivity contribution in [3.8, 4) is 0 Å². The van der Waals surface area contributed by atoms with Crippen molar-refractivity contribution in [2.45, 2.75) is 39.3 Å². The number of likely N-dealkylation sites (N-methyl/N-ethyl adjacent to an activating group) is 1. The number of anilines is 1. The molecule has 1 atom stereocenters. The second kappa shape index (κ2) is 8.14. The van der Waals surface area contributed by atoms with Crippen LogP contribution in [0.2, 0.25) is 0 Å². The van der Waals surface area contributed by atoms with Gasteiger partial charge in [-0.05, 0) is 40.3 Å². The van der Waals surface area contributed by atoms with Crippen LogP contribution < -0.4 is 10.6 Å². The topological polar surface area (TPSA) is 87.5 Å². The minimum absolute atomic E-state index is 0.0854. The minimum Gasteiger partial charge on any atom is -0.360 e. The van der Waals surface area contributed by atoms with Crippen LogP contribution in [0.3, 0.4) is 0 Å². The average molecular weight is 358 g/mol. The van der Waals surface area contributed by atoms with Gasteiger partial charge in [0.1, 0.15) is 11.8 Å². The molecule has 7 nitrogen and oxygen atoms in total. The zero-order valence-electron chi connectivity index (χ0n) is 15.9. The van der Waals surface area contributed by atoms with Gasteiger partial charge in [-0.1, -0.05) is 35.5 Å². The number of rotatable bonds is 6. The number of nitrogens with one attached hydrogen (secondary N) is 2. The predicted octanol–water partition coefficient (Wildman–Crippen LogP) is 2.51.